The van der Waals surface area contributed by atoms with E-state index in [2.05, 4.69) is 25.1 Å². The van der Waals surface area contributed by atoms with Crippen molar-refractivity contribution < 1.29 is 9.59 Å². The van der Waals surface area contributed by atoms with Gasteiger partial charge in [-0.2, -0.15) is 0 Å². The molecule has 3 aromatic rings. The van der Waals surface area contributed by atoms with Crippen molar-refractivity contribution in [1.29, 1.82) is 0 Å². The van der Waals surface area contributed by atoms with Crippen LogP contribution in [-0.2, 0) is 35.5 Å². The van der Waals surface area contributed by atoms with Crippen LogP contribution in [0.2, 0.25) is 0 Å². The molecule has 1 aliphatic heterocycles. The summed E-state index contributed by atoms with van der Waals surface area (Å²) < 4.78 is 2.08. The number of hydrogen-bond donors (Lipinski definition) is 2. The highest BCUT2D eigenvalue weighted by Gasteiger charge is 2.26. The average Bonchev–Trinajstić information content (AvgIpc) is 3.38. The summed E-state index contributed by atoms with van der Waals surface area (Å²) in [6.45, 7) is 2.70. The zero-order valence-corrected chi connectivity index (χ0v) is 16.1. The molecule has 2 aromatic heterocycles. The first-order chi connectivity index (χ1) is 13.5. The molecule has 8 nitrogen and oxygen atoms in total. The second-order valence-electron chi connectivity index (χ2n) is 7.30. The van der Waals surface area contributed by atoms with Crippen molar-refractivity contribution in [2.75, 3.05) is 7.05 Å². The smallest absolute Gasteiger partial charge is 0.245 e. The maximum atomic E-state index is 13.1. The fourth-order valence-electron chi connectivity index (χ4n) is 3.85. The standard InChI is InChI=1S/C20H24N6O2/c1-13(27)22-17(10-14-11-21-16-7-4-3-6-15(14)16)20(28)25(2)12-19-24-23-18-8-5-9-26(18)19/h3-4,6-7,11,17,21H,5,8-10,12H2,1-2H3,(H,22,27)/t17-/m1/s1. The highest BCUT2D eigenvalue weighted by molar-refractivity contribution is 5.89. The van der Waals surface area contributed by atoms with Gasteiger partial charge in [-0.05, 0) is 18.1 Å². The number of nitrogens with one attached hydrogen (secondary N) is 2. The van der Waals surface area contributed by atoms with Crippen LogP contribution in [0.1, 0.15) is 30.6 Å². The van der Waals surface area contributed by atoms with Crippen molar-refractivity contribution in [3.8, 4) is 0 Å². The minimum atomic E-state index is -0.636. The number of H-pyrrole nitrogens is 1. The lowest BCUT2D eigenvalue weighted by Gasteiger charge is -2.24. The van der Waals surface area contributed by atoms with Gasteiger partial charge in [-0.15, -0.1) is 10.2 Å². The molecule has 1 aliphatic rings. The number of likely N-dealkylation sites (N-methyl/N-ethyl adjacent to an activating group) is 1. The van der Waals surface area contributed by atoms with E-state index >= 15 is 0 Å². The average molecular weight is 380 g/mol. The Morgan fingerprint density at radius 2 is 2.14 bits per heavy atom. The summed E-state index contributed by atoms with van der Waals surface area (Å²) in [5.41, 5.74) is 2.01. The number of amides is 2. The molecule has 1 aromatic carbocycles. The predicted octanol–water partition coefficient (Wildman–Crippen LogP) is 1.41. The maximum absolute atomic E-state index is 13.1. The van der Waals surface area contributed by atoms with Crippen LogP contribution in [0.25, 0.3) is 10.9 Å². The zero-order valence-electron chi connectivity index (χ0n) is 16.1. The largest absolute Gasteiger partial charge is 0.361 e. The number of aryl methyl sites for hydroxylation is 1. The van der Waals surface area contributed by atoms with E-state index in [1.54, 1.807) is 11.9 Å². The van der Waals surface area contributed by atoms with Crippen LogP contribution in [-0.4, -0.2) is 49.6 Å². The van der Waals surface area contributed by atoms with Crippen LogP contribution in [0.5, 0.6) is 0 Å². The Balaban J connectivity index is 1.52. The van der Waals surface area contributed by atoms with Gasteiger partial charge in [0.25, 0.3) is 0 Å². The zero-order chi connectivity index (χ0) is 19.7. The first-order valence-electron chi connectivity index (χ1n) is 9.51. The number of rotatable bonds is 6. The topological polar surface area (TPSA) is 95.9 Å². The van der Waals surface area contributed by atoms with Gasteiger partial charge >= 0.3 is 0 Å². The first-order valence-corrected chi connectivity index (χ1v) is 9.51. The van der Waals surface area contributed by atoms with Gasteiger partial charge in [0.1, 0.15) is 11.9 Å². The Morgan fingerprint density at radius 1 is 1.32 bits per heavy atom. The van der Waals surface area contributed by atoms with E-state index in [1.165, 1.54) is 6.92 Å². The molecule has 28 heavy (non-hydrogen) atoms. The number of carbonyl (C=O) groups is 2. The van der Waals surface area contributed by atoms with Gasteiger partial charge in [0.15, 0.2) is 5.82 Å². The van der Waals surface area contributed by atoms with Crippen LogP contribution >= 0.6 is 0 Å². The number of nitrogens with zero attached hydrogens (tertiary/aromatic N) is 4. The molecule has 0 saturated heterocycles. The molecule has 2 N–H and O–H groups in total. The number of carbonyl (C=O) groups excluding carboxylic acids is 2. The van der Waals surface area contributed by atoms with Gasteiger partial charge in [0.2, 0.25) is 11.8 Å². The molecular formula is C20H24N6O2. The number of hydrogen-bond acceptors (Lipinski definition) is 4. The van der Waals surface area contributed by atoms with E-state index < -0.39 is 6.04 Å². The van der Waals surface area contributed by atoms with Gasteiger partial charge in [-0.25, -0.2) is 0 Å². The lowest BCUT2D eigenvalue weighted by molar-refractivity contribution is -0.135. The molecule has 3 heterocycles. The molecule has 4 rings (SSSR count). The summed E-state index contributed by atoms with van der Waals surface area (Å²) in [6.07, 6.45) is 4.31. The maximum Gasteiger partial charge on any atom is 0.245 e. The monoisotopic (exact) mass is 380 g/mol. The molecule has 0 unspecified atom stereocenters. The first kappa shape index (κ1) is 18.2. The third-order valence-electron chi connectivity index (χ3n) is 5.22. The van der Waals surface area contributed by atoms with Crippen molar-refractivity contribution in [2.24, 2.45) is 0 Å². The summed E-state index contributed by atoms with van der Waals surface area (Å²) >= 11 is 0. The molecule has 0 spiro atoms. The minimum absolute atomic E-state index is 0.143. The summed E-state index contributed by atoms with van der Waals surface area (Å²) in [7, 11) is 1.74. The summed E-state index contributed by atoms with van der Waals surface area (Å²) in [6, 6.07) is 7.30. The van der Waals surface area contributed by atoms with E-state index in [9.17, 15) is 9.59 Å². The van der Waals surface area contributed by atoms with E-state index in [0.29, 0.717) is 13.0 Å². The molecule has 0 aliphatic carbocycles. The second kappa shape index (κ2) is 7.46. The third-order valence-corrected chi connectivity index (χ3v) is 5.22. The van der Waals surface area contributed by atoms with Gasteiger partial charge in [-0.1, -0.05) is 18.2 Å². The quantitative estimate of drug-likeness (QED) is 0.676. The molecule has 146 valence electrons. The lowest BCUT2D eigenvalue weighted by atomic mass is 10.0. The number of fused-ring (bicyclic) bond motifs is 2. The molecule has 0 radical (unpaired) electrons. The van der Waals surface area contributed by atoms with E-state index in [4.69, 9.17) is 0 Å². The SMILES string of the molecule is CC(=O)N[C@H](Cc1c[nH]c2ccccc12)C(=O)N(C)Cc1nnc2n1CCC2. The Hall–Kier alpha value is -3.16. The predicted molar refractivity (Wildman–Crippen MR) is 104 cm³/mol. The van der Waals surface area contributed by atoms with E-state index in [0.717, 1.165) is 47.5 Å². The third kappa shape index (κ3) is 3.49. The lowest BCUT2D eigenvalue weighted by Crippen LogP contribution is -2.47. The number of aromatic nitrogens is 4. The van der Waals surface area contributed by atoms with E-state index in [1.807, 2.05) is 30.5 Å². The van der Waals surface area contributed by atoms with Gasteiger partial charge in [0, 0.05) is 50.5 Å². The molecule has 2 amide bonds. The van der Waals surface area contributed by atoms with Crippen molar-refractivity contribution in [3.63, 3.8) is 0 Å². The molecular weight excluding hydrogens is 356 g/mol. The number of para-hydroxylation sites is 1. The number of aromatic amines is 1. The normalized spacial score (nSPS) is 14.1. The van der Waals surface area contributed by atoms with E-state index in [-0.39, 0.29) is 11.8 Å². The molecule has 0 fully saturated rings. The second-order valence-corrected chi connectivity index (χ2v) is 7.30. The van der Waals surface area contributed by atoms with Crippen LogP contribution in [0.15, 0.2) is 30.5 Å². The summed E-state index contributed by atoms with van der Waals surface area (Å²) in [5.74, 6) is 1.40. The molecule has 1 atom stereocenters. The molecule has 0 saturated carbocycles. The minimum Gasteiger partial charge on any atom is -0.361 e. The van der Waals surface area contributed by atoms with Crippen LogP contribution < -0.4 is 5.32 Å². The van der Waals surface area contributed by atoms with Crippen molar-refractivity contribution in [2.45, 2.75) is 45.3 Å². The van der Waals surface area contributed by atoms with Crippen molar-refractivity contribution in [3.05, 3.63) is 47.7 Å². The Labute approximate surface area is 162 Å². The van der Waals surface area contributed by atoms with Crippen LogP contribution in [0.3, 0.4) is 0 Å². The van der Waals surface area contributed by atoms with Crippen molar-refractivity contribution in [1.82, 2.24) is 30.0 Å². The summed E-state index contributed by atoms with van der Waals surface area (Å²) in [5, 5.41) is 12.3. The van der Waals surface area contributed by atoms with Crippen molar-refractivity contribution >= 4 is 22.7 Å². The van der Waals surface area contributed by atoms with Crippen LogP contribution in [0, 0.1) is 0 Å². The number of benzene rings is 1. The Kier molecular flexibility index (Phi) is 4.85. The van der Waals surface area contributed by atoms with Gasteiger partial charge in [0.05, 0.1) is 6.54 Å². The molecule has 0 bridgehead atoms. The fraction of sp³-hybridized carbons (Fsp3) is 0.400. The van der Waals surface area contributed by atoms with Gasteiger partial charge in [-0.3, -0.25) is 9.59 Å². The highest BCUT2D eigenvalue weighted by Crippen LogP contribution is 2.20. The van der Waals surface area contributed by atoms with Gasteiger partial charge < -0.3 is 19.8 Å². The highest BCUT2D eigenvalue weighted by atomic mass is 16.2. The van der Waals surface area contributed by atoms with Crippen LogP contribution in [0.4, 0.5) is 0 Å². The molecule has 8 heteroatoms. The Bertz CT molecular complexity index is 1020. The Morgan fingerprint density at radius 3 is 2.96 bits per heavy atom. The summed E-state index contributed by atoms with van der Waals surface area (Å²) in [4.78, 5) is 29.7. The fourth-order valence-corrected chi connectivity index (χ4v) is 3.85.